The number of nitrogens with one attached hydrogen (secondary N) is 2. The number of aliphatic hydroxyl groups excluding tert-OH is 1. The first-order valence-electron chi connectivity index (χ1n) is 4.90. The molecule has 0 aromatic carbocycles. The van der Waals surface area contributed by atoms with Gasteiger partial charge < -0.3 is 5.11 Å². The van der Waals surface area contributed by atoms with Crippen molar-refractivity contribution < 1.29 is 13.5 Å². The van der Waals surface area contributed by atoms with Crippen LogP contribution in [0.15, 0.2) is 0 Å². The van der Waals surface area contributed by atoms with Crippen molar-refractivity contribution in [1.82, 2.24) is 9.44 Å². The first kappa shape index (κ1) is 13.8. The van der Waals surface area contributed by atoms with Gasteiger partial charge in [0.2, 0.25) is 0 Å². The fourth-order valence-electron chi connectivity index (χ4n) is 0.891. The summed E-state index contributed by atoms with van der Waals surface area (Å²) in [5.74, 6) is 0. The van der Waals surface area contributed by atoms with Crippen molar-refractivity contribution in [2.24, 2.45) is 0 Å². The molecule has 0 saturated carbocycles. The summed E-state index contributed by atoms with van der Waals surface area (Å²) in [5.41, 5.74) is 0. The molecule has 0 bridgehead atoms. The quantitative estimate of drug-likeness (QED) is 0.507. The minimum absolute atomic E-state index is 0.365. The third kappa shape index (κ3) is 8.43. The van der Waals surface area contributed by atoms with Gasteiger partial charge in [0, 0.05) is 13.1 Å². The molecule has 0 aromatic rings. The van der Waals surface area contributed by atoms with Gasteiger partial charge in [-0.2, -0.15) is 8.42 Å². The predicted molar refractivity (Wildman–Crippen MR) is 56.1 cm³/mol. The van der Waals surface area contributed by atoms with Gasteiger partial charge in [0.25, 0.3) is 10.2 Å². The zero-order valence-corrected chi connectivity index (χ0v) is 9.60. The highest BCUT2D eigenvalue weighted by Crippen LogP contribution is 1.93. The topological polar surface area (TPSA) is 78.4 Å². The summed E-state index contributed by atoms with van der Waals surface area (Å²) < 4.78 is 27.1. The molecule has 0 aliphatic carbocycles. The van der Waals surface area contributed by atoms with Gasteiger partial charge >= 0.3 is 0 Å². The third-order valence-electron chi connectivity index (χ3n) is 1.63. The van der Waals surface area contributed by atoms with Crippen LogP contribution in [-0.4, -0.2) is 32.7 Å². The van der Waals surface area contributed by atoms with Gasteiger partial charge in [-0.25, -0.2) is 9.44 Å². The molecule has 0 aromatic heterocycles. The van der Waals surface area contributed by atoms with Gasteiger partial charge in [-0.15, -0.1) is 0 Å². The Labute approximate surface area is 86.1 Å². The van der Waals surface area contributed by atoms with Crippen LogP contribution in [-0.2, 0) is 10.2 Å². The van der Waals surface area contributed by atoms with E-state index in [1.807, 2.05) is 6.92 Å². The molecule has 0 spiro atoms. The maximum atomic E-state index is 11.1. The van der Waals surface area contributed by atoms with Crippen molar-refractivity contribution in [2.45, 2.75) is 39.2 Å². The minimum atomic E-state index is -3.32. The van der Waals surface area contributed by atoms with Crippen molar-refractivity contribution in [1.29, 1.82) is 0 Å². The minimum Gasteiger partial charge on any atom is -0.393 e. The van der Waals surface area contributed by atoms with Gasteiger partial charge in [-0.3, -0.25) is 0 Å². The molecule has 14 heavy (non-hydrogen) atoms. The summed E-state index contributed by atoms with van der Waals surface area (Å²) in [6, 6.07) is 0. The van der Waals surface area contributed by atoms with Crippen LogP contribution in [0, 0.1) is 0 Å². The fraction of sp³-hybridized carbons (Fsp3) is 1.00. The second kappa shape index (κ2) is 7.17. The summed E-state index contributed by atoms with van der Waals surface area (Å²) in [7, 11) is -3.32. The van der Waals surface area contributed by atoms with Crippen LogP contribution in [0.3, 0.4) is 0 Å². The molecule has 5 nitrogen and oxygen atoms in total. The maximum absolute atomic E-state index is 11.1. The smallest absolute Gasteiger partial charge is 0.276 e. The third-order valence-corrected chi connectivity index (χ3v) is 2.80. The fourth-order valence-corrected chi connectivity index (χ4v) is 1.88. The van der Waals surface area contributed by atoms with E-state index in [2.05, 4.69) is 9.44 Å². The zero-order chi connectivity index (χ0) is 11.0. The molecular formula is C8H20N2O3S. The van der Waals surface area contributed by atoms with Crippen LogP contribution < -0.4 is 9.44 Å². The summed E-state index contributed by atoms with van der Waals surface area (Å²) in [5, 5.41) is 8.93. The lowest BCUT2D eigenvalue weighted by Crippen LogP contribution is -2.37. The highest BCUT2D eigenvalue weighted by atomic mass is 32.2. The Balaban J connectivity index is 3.56. The largest absolute Gasteiger partial charge is 0.393 e. The summed E-state index contributed by atoms with van der Waals surface area (Å²) >= 11 is 0. The molecule has 0 fully saturated rings. The van der Waals surface area contributed by atoms with E-state index in [9.17, 15) is 8.42 Å². The Kier molecular flexibility index (Phi) is 7.08. The standard InChI is InChI=1S/C8H20N2O3S/c1-3-6-9-14(12,13)10-7-4-5-8(2)11/h8-11H,3-7H2,1-2H3. The molecule has 3 N–H and O–H groups in total. The molecular weight excluding hydrogens is 204 g/mol. The van der Waals surface area contributed by atoms with Crippen molar-refractivity contribution in [3.63, 3.8) is 0 Å². The molecule has 1 atom stereocenters. The summed E-state index contributed by atoms with van der Waals surface area (Å²) in [4.78, 5) is 0. The number of hydrogen-bond acceptors (Lipinski definition) is 3. The van der Waals surface area contributed by atoms with Gasteiger partial charge in [0.15, 0.2) is 0 Å². The van der Waals surface area contributed by atoms with Crippen LogP contribution >= 0.6 is 0 Å². The highest BCUT2D eigenvalue weighted by molar-refractivity contribution is 7.87. The van der Waals surface area contributed by atoms with Crippen molar-refractivity contribution in [2.75, 3.05) is 13.1 Å². The molecule has 0 saturated heterocycles. The van der Waals surface area contributed by atoms with Crippen LogP contribution in [0.1, 0.15) is 33.1 Å². The zero-order valence-electron chi connectivity index (χ0n) is 8.78. The van der Waals surface area contributed by atoms with E-state index in [0.717, 1.165) is 6.42 Å². The molecule has 0 aliphatic rings. The van der Waals surface area contributed by atoms with Gasteiger partial charge in [-0.05, 0) is 26.2 Å². The number of hydrogen-bond donors (Lipinski definition) is 3. The molecule has 0 radical (unpaired) electrons. The first-order valence-corrected chi connectivity index (χ1v) is 6.38. The van der Waals surface area contributed by atoms with Crippen molar-refractivity contribution in [3.05, 3.63) is 0 Å². The normalized spacial score (nSPS) is 14.2. The van der Waals surface area contributed by atoms with E-state index in [0.29, 0.717) is 25.9 Å². The maximum Gasteiger partial charge on any atom is 0.276 e. The molecule has 0 amide bonds. The summed E-state index contributed by atoms with van der Waals surface area (Å²) in [6.45, 7) is 4.40. The lowest BCUT2D eigenvalue weighted by atomic mass is 10.2. The van der Waals surface area contributed by atoms with Crippen LogP contribution in [0.2, 0.25) is 0 Å². The van der Waals surface area contributed by atoms with Crippen molar-refractivity contribution in [3.8, 4) is 0 Å². The monoisotopic (exact) mass is 224 g/mol. The Hall–Kier alpha value is -0.170. The molecule has 6 heteroatoms. The van der Waals surface area contributed by atoms with E-state index >= 15 is 0 Å². The van der Waals surface area contributed by atoms with Gasteiger partial charge in [0.1, 0.15) is 0 Å². The van der Waals surface area contributed by atoms with Crippen molar-refractivity contribution >= 4 is 10.2 Å². The van der Waals surface area contributed by atoms with E-state index in [1.165, 1.54) is 0 Å². The lowest BCUT2D eigenvalue weighted by Gasteiger charge is -2.07. The average molecular weight is 224 g/mol. The first-order chi connectivity index (χ1) is 6.48. The average Bonchev–Trinajstić information content (AvgIpc) is 2.09. The van der Waals surface area contributed by atoms with E-state index in [-0.39, 0.29) is 6.10 Å². The number of rotatable bonds is 8. The van der Waals surface area contributed by atoms with Crippen LogP contribution in [0.25, 0.3) is 0 Å². The molecule has 86 valence electrons. The number of aliphatic hydroxyl groups is 1. The van der Waals surface area contributed by atoms with Gasteiger partial charge in [0.05, 0.1) is 6.10 Å². The van der Waals surface area contributed by atoms with E-state index in [4.69, 9.17) is 5.11 Å². The van der Waals surface area contributed by atoms with Crippen LogP contribution in [0.5, 0.6) is 0 Å². The Morgan fingerprint density at radius 3 is 2.36 bits per heavy atom. The molecule has 0 aliphatic heterocycles. The predicted octanol–water partition coefficient (Wildman–Crippen LogP) is -0.0186. The summed E-state index contributed by atoms with van der Waals surface area (Å²) in [6.07, 6.45) is 1.65. The molecule has 0 rings (SSSR count). The van der Waals surface area contributed by atoms with E-state index in [1.54, 1.807) is 6.92 Å². The Morgan fingerprint density at radius 1 is 1.29 bits per heavy atom. The highest BCUT2D eigenvalue weighted by Gasteiger charge is 2.06. The second-order valence-corrected chi connectivity index (χ2v) is 4.87. The Bertz CT molecular complexity index is 227. The SMILES string of the molecule is CCCNS(=O)(=O)NCCCC(C)O. The second-order valence-electron chi connectivity index (χ2n) is 3.28. The van der Waals surface area contributed by atoms with E-state index < -0.39 is 10.2 Å². The molecule has 1 unspecified atom stereocenters. The van der Waals surface area contributed by atoms with Crippen LogP contribution in [0.4, 0.5) is 0 Å². The molecule has 0 heterocycles. The lowest BCUT2D eigenvalue weighted by molar-refractivity contribution is 0.182. The van der Waals surface area contributed by atoms with Gasteiger partial charge in [-0.1, -0.05) is 6.92 Å². The Morgan fingerprint density at radius 2 is 1.86 bits per heavy atom.